The molecule has 0 amide bonds. The summed E-state index contributed by atoms with van der Waals surface area (Å²) in [5.41, 5.74) is 0.689. The quantitative estimate of drug-likeness (QED) is 0.912. The van der Waals surface area contributed by atoms with E-state index >= 15 is 0 Å². The predicted octanol–water partition coefficient (Wildman–Crippen LogP) is 3.84. The number of furan rings is 1. The van der Waals surface area contributed by atoms with Crippen LogP contribution >= 0.6 is 38.9 Å². The minimum absolute atomic E-state index is 0.537. The molecule has 2 rings (SSSR count). The molecule has 74 valence electrons. The number of halogens is 2. The smallest absolute Gasteiger partial charge is 0.175 e. The van der Waals surface area contributed by atoms with Crippen molar-refractivity contribution < 1.29 is 9.52 Å². The van der Waals surface area contributed by atoms with Gasteiger partial charge in [0.15, 0.2) is 4.67 Å². The Morgan fingerprint density at radius 3 is 2.79 bits per heavy atom. The third-order valence-corrected chi connectivity index (χ3v) is 3.89. The van der Waals surface area contributed by atoms with Crippen molar-refractivity contribution in [1.29, 1.82) is 0 Å². The number of hydrogen-bond acceptors (Lipinski definition) is 3. The lowest BCUT2D eigenvalue weighted by Gasteiger charge is -2.06. The van der Waals surface area contributed by atoms with Crippen LogP contribution in [0.5, 0.6) is 0 Å². The maximum atomic E-state index is 9.97. The summed E-state index contributed by atoms with van der Waals surface area (Å²) in [6, 6.07) is 3.48. The SMILES string of the molecule is OC(c1ccoc1Br)c1sccc1Cl. The fraction of sp³-hybridized carbons (Fsp3) is 0.111. The fourth-order valence-electron chi connectivity index (χ4n) is 1.14. The second kappa shape index (κ2) is 4.06. The van der Waals surface area contributed by atoms with Crippen molar-refractivity contribution in [3.05, 3.63) is 43.9 Å². The van der Waals surface area contributed by atoms with Crippen LogP contribution in [0.1, 0.15) is 16.5 Å². The van der Waals surface area contributed by atoms with Gasteiger partial charge in [-0.15, -0.1) is 11.3 Å². The average molecular weight is 294 g/mol. The van der Waals surface area contributed by atoms with E-state index in [0.29, 0.717) is 15.3 Å². The number of hydrogen-bond donors (Lipinski definition) is 1. The number of aliphatic hydroxyl groups excluding tert-OH is 1. The molecule has 0 saturated carbocycles. The molecule has 0 aliphatic carbocycles. The Kier molecular flexibility index (Phi) is 2.97. The van der Waals surface area contributed by atoms with Crippen molar-refractivity contribution in [2.45, 2.75) is 6.10 Å². The van der Waals surface area contributed by atoms with Crippen LogP contribution in [0, 0.1) is 0 Å². The zero-order valence-electron chi connectivity index (χ0n) is 6.91. The van der Waals surface area contributed by atoms with Crippen molar-refractivity contribution in [2.75, 3.05) is 0 Å². The summed E-state index contributed by atoms with van der Waals surface area (Å²) >= 11 is 10.5. The van der Waals surface area contributed by atoms with E-state index in [0.717, 1.165) is 4.88 Å². The van der Waals surface area contributed by atoms with E-state index in [1.165, 1.54) is 17.6 Å². The lowest BCUT2D eigenvalue weighted by Crippen LogP contribution is -1.96. The molecule has 0 aliphatic heterocycles. The predicted molar refractivity (Wildman–Crippen MR) is 59.8 cm³/mol. The van der Waals surface area contributed by atoms with Gasteiger partial charge in [0, 0.05) is 5.56 Å². The highest BCUT2D eigenvalue weighted by Crippen LogP contribution is 2.35. The average Bonchev–Trinajstić information content (AvgIpc) is 2.73. The van der Waals surface area contributed by atoms with Gasteiger partial charge in [-0.05, 0) is 33.4 Å². The van der Waals surface area contributed by atoms with Gasteiger partial charge in [0.2, 0.25) is 0 Å². The number of aliphatic hydroxyl groups is 1. The largest absolute Gasteiger partial charge is 0.457 e. The van der Waals surface area contributed by atoms with Gasteiger partial charge < -0.3 is 9.52 Å². The molecule has 5 heteroatoms. The first-order chi connectivity index (χ1) is 6.70. The van der Waals surface area contributed by atoms with Crippen LogP contribution < -0.4 is 0 Å². The summed E-state index contributed by atoms with van der Waals surface area (Å²) in [7, 11) is 0. The van der Waals surface area contributed by atoms with Gasteiger partial charge in [-0.25, -0.2) is 0 Å². The molecular weight excluding hydrogens is 288 g/mol. The highest BCUT2D eigenvalue weighted by atomic mass is 79.9. The van der Waals surface area contributed by atoms with E-state index in [1.54, 1.807) is 12.1 Å². The summed E-state index contributed by atoms with van der Waals surface area (Å²) in [5.74, 6) is 0. The van der Waals surface area contributed by atoms with Crippen LogP contribution in [0.25, 0.3) is 0 Å². The highest BCUT2D eigenvalue weighted by molar-refractivity contribution is 9.10. The lowest BCUT2D eigenvalue weighted by atomic mass is 10.2. The lowest BCUT2D eigenvalue weighted by molar-refractivity contribution is 0.222. The van der Waals surface area contributed by atoms with E-state index in [9.17, 15) is 5.11 Å². The fourth-order valence-corrected chi connectivity index (χ4v) is 2.76. The molecule has 1 unspecified atom stereocenters. The molecule has 1 N–H and O–H groups in total. The molecule has 2 nitrogen and oxygen atoms in total. The van der Waals surface area contributed by atoms with Crippen LogP contribution in [0.2, 0.25) is 5.02 Å². The van der Waals surface area contributed by atoms with E-state index in [4.69, 9.17) is 16.0 Å². The van der Waals surface area contributed by atoms with Gasteiger partial charge in [-0.3, -0.25) is 0 Å². The monoisotopic (exact) mass is 292 g/mol. The van der Waals surface area contributed by atoms with Crippen molar-refractivity contribution in [3.63, 3.8) is 0 Å². The van der Waals surface area contributed by atoms with Crippen LogP contribution in [0.3, 0.4) is 0 Å². The van der Waals surface area contributed by atoms with Gasteiger partial charge in [-0.2, -0.15) is 0 Å². The van der Waals surface area contributed by atoms with Crippen molar-refractivity contribution >= 4 is 38.9 Å². The second-order valence-electron chi connectivity index (χ2n) is 2.68. The summed E-state index contributed by atoms with van der Waals surface area (Å²) < 4.78 is 5.58. The molecule has 0 spiro atoms. The van der Waals surface area contributed by atoms with Crippen LogP contribution in [0.15, 0.2) is 32.9 Å². The first kappa shape index (κ1) is 10.2. The van der Waals surface area contributed by atoms with E-state index in [-0.39, 0.29) is 0 Å². The zero-order chi connectivity index (χ0) is 10.1. The van der Waals surface area contributed by atoms with Gasteiger partial charge in [-0.1, -0.05) is 11.6 Å². The summed E-state index contributed by atoms with van der Waals surface area (Å²) in [5, 5.41) is 12.4. The third kappa shape index (κ3) is 1.75. The molecule has 2 aromatic heterocycles. The zero-order valence-corrected chi connectivity index (χ0v) is 10.1. The first-order valence-electron chi connectivity index (χ1n) is 3.84. The first-order valence-corrected chi connectivity index (χ1v) is 5.89. The number of thiophene rings is 1. The molecule has 2 aromatic rings. The topological polar surface area (TPSA) is 33.4 Å². The van der Waals surface area contributed by atoms with Crippen molar-refractivity contribution in [1.82, 2.24) is 0 Å². The minimum atomic E-state index is -0.726. The normalized spacial score (nSPS) is 13.1. The summed E-state index contributed by atoms with van der Waals surface area (Å²) in [6.45, 7) is 0. The van der Waals surface area contributed by atoms with Gasteiger partial charge in [0.05, 0.1) is 16.2 Å². The molecule has 0 aromatic carbocycles. The standard InChI is InChI=1S/C9H6BrClO2S/c10-9-5(1-3-13-9)7(12)8-6(11)2-4-14-8/h1-4,7,12H. The van der Waals surface area contributed by atoms with E-state index in [1.807, 2.05) is 5.38 Å². The Morgan fingerprint density at radius 1 is 1.50 bits per heavy atom. The van der Waals surface area contributed by atoms with Gasteiger partial charge >= 0.3 is 0 Å². The molecule has 0 saturated heterocycles. The van der Waals surface area contributed by atoms with Crippen LogP contribution in [0.4, 0.5) is 0 Å². The van der Waals surface area contributed by atoms with Crippen LogP contribution in [-0.2, 0) is 0 Å². The second-order valence-corrected chi connectivity index (χ2v) is 4.76. The van der Waals surface area contributed by atoms with Crippen molar-refractivity contribution in [3.8, 4) is 0 Å². The third-order valence-electron chi connectivity index (χ3n) is 1.83. The van der Waals surface area contributed by atoms with Crippen molar-refractivity contribution in [2.24, 2.45) is 0 Å². The Bertz CT molecular complexity index is 397. The maximum absolute atomic E-state index is 9.97. The molecular formula is C9H6BrClO2S. The Balaban J connectivity index is 2.38. The van der Waals surface area contributed by atoms with E-state index in [2.05, 4.69) is 15.9 Å². The van der Waals surface area contributed by atoms with Crippen LogP contribution in [-0.4, -0.2) is 5.11 Å². The minimum Gasteiger partial charge on any atom is -0.457 e. The molecule has 0 fully saturated rings. The number of rotatable bonds is 2. The summed E-state index contributed by atoms with van der Waals surface area (Å²) in [6.07, 6.45) is 0.792. The van der Waals surface area contributed by atoms with Gasteiger partial charge in [0.1, 0.15) is 6.10 Å². The molecule has 0 radical (unpaired) electrons. The molecule has 14 heavy (non-hydrogen) atoms. The molecule has 0 bridgehead atoms. The Labute approximate surface area is 98.3 Å². The Morgan fingerprint density at radius 2 is 2.29 bits per heavy atom. The van der Waals surface area contributed by atoms with E-state index < -0.39 is 6.10 Å². The highest BCUT2D eigenvalue weighted by Gasteiger charge is 2.19. The van der Waals surface area contributed by atoms with Gasteiger partial charge in [0.25, 0.3) is 0 Å². The molecule has 0 aliphatic rings. The summed E-state index contributed by atoms with van der Waals surface area (Å²) in [4.78, 5) is 0.730. The Hall–Kier alpha value is -0.290. The molecule has 2 heterocycles. The molecule has 1 atom stereocenters. The maximum Gasteiger partial charge on any atom is 0.175 e.